The van der Waals surface area contributed by atoms with Crippen LogP contribution < -0.4 is 0 Å². The number of thioether (sulfide) groups is 1. The molecule has 1 heterocycles. The van der Waals surface area contributed by atoms with Crippen LogP contribution in [0.4, 0.5) is 5.69 Å². The van der Waals surface area contributed by atoms with Crippen LogP contribution >= 0.6 is 11.8 Å². The van der Waals surface area contributed by atoms with E-state index >= 15 is 0 Å². The highest BCUT2D eigenvalue weighted by Crippen LogP contribution is 2.26. The van der Waals surface area contributed by atoms with Gasteiger partial charge in [-0.25, -0.2) is 0 Å². The number of hydrogen-bond acceptors (Lipinski definition) is 5. The summed E-state index contributed by atoms with van der Waals surface area (Å²) >= 11 is 1.51. The summed E-state index contributed by atoms with van der Waals surface area (Å²) < 4.78 is 0. The first-order chi connectivity index (χ1) is 10.9. The number of nitro benzene ring substituents is 1. The van der Waals surface area contributed by atoms with Crippen molar-refractivity contribution in [3.8, 4) is 0 Å². The maximum atomic E-state index is 12.7. The van der Waals surface area contributed by atoms with Gasteiger partial charge in [-0.1, -0.05) is 6.07 Å². The minimum absolute atomic E-state index is 0.0868. The third kappa shape index (κ3) is 3.47. The first kappa shape index (κ1) is 17.3. The number of benzene rings is 1. The van der Waals surface area contributed by atoms with Crippen LogP contribution in [0.3, 0.4) is 0 Å². The van der Waals surface area contributed by atoms with Crippen LogP contribution in [0.5, 0.6) is 0 Å². The van der Waals surface area contributed by atoms with Gasteiger partial charge in [-0.05, 0) is 19.9 Å². The molecule has 8 heteroatoms. The molecule has 2 rings (SSSR count). The van der Waals surface area contributed by atoms with Gasteiger partial charge in [-0.15, -0.1) is 11.8 Å². The maximum Gasteiger partial charge on any atom is 0.273 e. The number of carbonyl (C=O) groups excluding carboxylic acids is 2. The highest BCUT2D eigenvalue weighted by atomic mass is 32.2. The Kier molecular flexibility index (Phi) is 5.25. The summed E-state index contributed by atoms with van der Waals surface area (Å²) in [7, 11) is 1.70. The van der Waals surface area contributed by atoms with Gasteiger partial charge in [-0.3, -0.25) is 19.7 Å². The van der Waals surface area contributed by atoms with Gasteiger partial charge < -0.3 is 9.80 Å². The Morgan fingerprint density at radius 1 is 1.48 bits per heavy atom. The first-order valence-corrected chi connectivity index (χ1v) is 8.41. The molecule has 1 fully saturated rings. The lowest BCUT2D eigenvalue weighted by Gasteiger charge is -2.26. The van der Waals surface area contributed by atoms with Crippen molar-refractivity contribution in [2.24, 2.45) is 0 Å². The van der Waals surface area contributed by atoms with Crippen molar-refractivity contribution in [2.45, 2.75) is 19.9 Å². The lowest BCUT2D eigenvalue weighted by atomic mass is 10.1. The molecule has 0 unspecified atom stereocenters. The topological polar surface area (TPSA) is 83.8 Å². The average Bonchev–Trinajstić information content (AvgIpc) is 3.02. The molecular formula is C15H19N3O4S. The van der Waals surface area contributed by atoms with E-state index in [0.717, 1.165) is 0 Å². The monoisotopic (exact) mass is 337 g/mol. The Morgan fingerprint density at radius 3 is 2.78 bits per heavy atom. The van der Waals surface area contributed by atoms with Crippen molar-refractivity contribution < 1.29 is 14.5 Å². The van der Waals surface area contributed by atoms with Gasteiger partial charge in [-0.2, -0.15) is 0 Å². The van der Waals surface area contributed by atoms with E-state index in [1.165, 1.54) is 22.7 Å². The second-order valence-electron chi connectivity index (χ2n) is 5.40. The van der Waals surface area contributed by atoms with Gasteiger partial charge in [0.2, 0.25) is 5.91 Å². The van der Waals surface area contributed by atoms with Gasteiger partial charge in [0.05, 0.1) is 10.8 Å². The molecule has 124 valence electrons. The van der Waals surface area contributed by atoms with Crippen LogP contribution in [0, 0.1) is 17.0 Å². The summed E-state index contributed by atoms with van der Waals surface area (Å²) in [6.45, 7) is 4.06. The van der Waals surface area contributed by atoms with Crippen LogP contribution in [0.25, 0.3) is 0 Å². The van der Waals surface area contributed by atoms with Crippen molar-refractivity contribution >= 4 is 29.3 Å². The van der Waals surface area contributed by atoms with E-state index in [-0.39, 0.29) is 23.1 Å². The van der Waals surface area contributed by atoms with Crippen LogP contribution in [-0.4, -0.2) is 57.8 Å². The molecular weight excluding hydrogens is 318 g/mol. The van der Waals surface area contributed by atoms with Crippen LogP contribution in [0.2, 0.25) is 0 Å². The number of carbonyl (C=O) groups is 2. The average molecular weight is 337 g/mol. The fraction of sp³-hybridized carbons (Fsp3) is 0.467. The van der Waals surface area contributed by atoms with Gasteiger partial charge in [0.25, 0.3) is 11.6 Å². The van der Waals surface area contributed by atoms with Gasteiger partial charge in [0.1, 0.15) is 6.04 Å². The molecule has 1 aromatic rings. The third-order valence-corrected chi connectivity index (χ3v) is 4.94. The van der Waals surface area contributed by atoms with E-state index in [9.17, 15) is 19.7 Å². The van der Waals surface area contributed by atoms with E-state index in [1.54, 1.807) is 31.0 Å². The predicted octanol–water partition coefficient (Wildman–Crippen LogP) is 1.90. The number of hydrogen-bond donors (Lipinski definition) is 0. The van der Waals surface area contributed by atoms with Gasteiger partial charge in [0, 0.05) is 36.5 Å². The van der Waals surface area contributed by atoms with Crippen LogP contribution in [0.15, 0.2) is 18.2 Å². The molecule has 23 heavy (non-hydrogen) atoms. The Balaban J connectivity index is 2.27. The lowest BCUT2D eigenvalue weighted by molar-refractivity contribution is -0.385. The summed E-state index contributed by atoms with van der Waals surface area (Å²) in [6, 6.07) is 3.89. The van der Waals surface area contributed by atoms with Gasteiger partial charge in [0.15, 0.2) is 0 Å². The zero-order valence-electron chi connectivity index (χ0n) is 13.3. The molecule has 0 N–H and O–H groups in total. The Hall–Kier alpha value is -2.09. The predicted molar refractivity (Wildman–Crippen MR) is 88.4 cm³/mol. The number of rotatable bonds is 4. The van der Waals surface area contributed by atoms with Gasteiger partial charge >= 0.3 is 0 Å². The molecule has 0 spiro atoms. The van der Waals surface area contributed by atoms with Crippen molar-refractivity contribution in [3.63, 3.8) is 0 Å². The molecule has 0 aromatic heterocycles. The zero-order valence-corrected chi connectivity index (χ0v) is 14.1. The zero-order chi connectivity index (χ0) is 17.1. The van der Waals surface area contributed by atoms with Crippen molar-refractivity contribution in [1.29, 1.82) is 0 Å². The SMILES string of the molecule is CCN(C)C(=O)[C@H]1CSCN1C(=O)c1ccc(C)c([N+](=O)[O-])c1. The minimum atomic E-state index is -0.516. The van der Waals surface area contributed by atoms with E-state index in [4.69, 9.17) is 0 Å². The minimum Gasteiger partial charge on any atom is -0.344 e. The van der Waals surface area contributed by atoms with E-state index in [0.29, 0.717) is 23.7 Å². The summed E-state index contributed by atoms with van der Waals surface area (Å²) in [5.74, 6) is 0.505. The summed E-state index contributed by atoms with van der Waals surface area (Å²) in [5.41, 5.74) is 0.652. The summed E-state index contributed by atoms with van der Waals surface area (Å²) in [5, 5.41) is 11.0. The van der Waals surface area contributed by atoms with Crippen molar-refractivity contribution in [1.82, 2.24) is 9.80 Å². The first-order valence-electron chi connectivity index (χ1n) is 7.25. The summed E-state index contributed by atoms with van der Waals surface area (Å²) in [6.07, 6.45) is 0. The van der Waals surface area contributed by atoms with Crippen molar-refractivity contribution in [3.05, 3.63) is 39.4 Å². The molecule has 1 aliphatic heterocycles. The Bertz CT molecular complexity index is 650. The fourth-order valence-corrected chi connectivity index (χ4v) is 3.51. The summed E-state index contributed by atoms with van der Waals surface area (Å²) in [4.78, 5) is 38.6. The van der Waals surface area contributed by atoms with E-state index in [2.05, 4.69) is 0 Å². The Labute approximate surface area is 138 Å². The molecule has 7 nitrogen and oxygen atoms in total. The lowest BCUT2D eigenvalue weighted by Crippen LogP contribution is -2.47. The number of nitrogens with zero attached hydrogens (tertiary/aromatic N) is 3. The molecule has 1 saturated heterocycles. The van der Waals surface area contributed by atoms with Crippen molar-refractivity contribution in [2.75, 3.05) is 25.2 Å². The molecule has 0 bridgehead atoms. The number of nitro groups is 1. The molecule has 0 radical (unpaired) electrons. The molecule has 0 aliphatic carbocycles. The molecule has 1 aromatic carbocycles. The molecule has 2 amide bonds. The standard InChI is InChI=1S/C15H19N3O4S/c1-4-16(3)15(20)13-8-23-9-17(13)14(19)11-6-5-10(2)12(7-11)18(21)22/h5-7,13H,4,8-9H2,1-3H3/t13-/m1/s1. The van der Waals surface area contributed by atoms with E-state index < -0.39 is 11.0 Å². The van der Waals surface area contributed by atoms with Crippen LogP contribution in [-0.2, 0) is 4.79 Å². The molecule has 0 saturated carbocycles. The normalized spacial score (nSPS) is 17.2. The fourth-order valence-electron chi connectivity index (χ4n) is 2.36. The number of amides is 2. The largest absolute Gasteiger partial charge is 0.344 e. The maximum absolute atomic E-state index is 12.7. The number of aryl methyl sites for hydroxylation is 1. The second-order valence-corrected chi connectivity index (χ2v) is 6.40. The highest BCUT2D eigenvalue weighted by molar-refractivity contribution is 7.99. The Morgan fingerprint density at radius 2 is 2.17 bits per heavy atom. The quantitative estimate of drug-likeness (QED) is 0.619. The highest BCUT2D eigenvalue weighted by Gasteiger charge is 2.36. The molecule has 1 aliphatic rings. The third-order valence-electron chi connectivity index (χ3n) is 3.93. The number of likely N-dealkylation sites (N-methyl/N-ethyl adjacent to an activating group) is 1. The second kappa shape index (κ2) is 6.99. The van der Waals surface area contributed by atoms with E-state index in [1.807, 2.05) is 6.92 Å². The van der Waals surface area contributed by atoms with Crippen LogP contribution in [0.1, 0.15) is 22.8 Å². The molecule has 1 atom stereocenters. The smallest absolute Gasteiger partial charge is 0.273 e.